The average molecular weight is 266 g/mol. The first kappa shape index (κ1) is 14.7. The summed E-state index contributed by atoms with van der Waals surface area (Å²) >= 11 is 0. The third kappa shape index (κ3) is 3.09. The second-order valence-electron chi connectivity index (χ2n) is 4.27. The monoisotopic (exact) mass is 266 g/mol. The number of rotatable bonds is 5. The third-order valence-corrected chi connectivity index (χ3v) is 4.71. The lowest BCUT2D eigenvalue weighted by Gasteiger charge is -2.17. The van der Waals surface area contributed by atoms with Gasteiger partial charge in [-0.15, -0.1) is 0 Å². The van der Waals surface area contributed by atoms with Gasteiger partial charge in [-0.05, 0) is 37.1 Å². The zero-order chi connectivity index (χ0) is 13.8. The van der Waals surface area contributed by atoms with Crippen LogP contribution in [0.1, 0.15) is 30.9 Å². The molecule has 0 N–H and O–H groups in total. The van der Waals surface area contributed by atoms with Gasteiger partial charge in [0.25, 0.3) is 0 Å². The number of nitrogens with zero attached hydrogens (tertiary/aromatic N) is 2. The van der Waals surface area contributed by atoms with Gasteiger partial charge < -0.3 is 0 Å². The average Bonchev–Trinajstić information content (AvgIpc) is 2.35. The van der Waals surface area contributed by atoms with Crippen molar-refractivity contribution in [1.82, 2.24) is 4.31 Å². The number of aryl methyl sites for hydroxylation is 1. The van der Waals surface area contributed by atoms with E-state index in [1.807, 2.05) is 13.0 Å². The Morgan fingerprint density at radius 3 is 2.56 bits per heavy atom. The molecule has 5 heteroatoms. The van der Waals surface area contributed by atoms with Crippen LogP contribution in [0, 0.1) is 18.3 Å². The van der Waals surface area contributed by atoms with E-state index in [4.69, 9.17) is 5.26 Å². The van der Waals surface area contributed by atoms with Crippen LogP contribution in [0.3, 0.4) is 0 Å². The molecule has 0 radical (unpaired) electrons. The Labute approximate surface area is 109 Å². The van der Waals surface area contributed by atoms with Crippen molar-refractivity contribution in [3.05, 3.63) is 29.3 Å². The van der Waals surface area contributed by atoms with E-state index in [0.29, 0.717) is 17.7 Å². The first-order valence-corrected chi connectivity index (χ1v) is 7.34. The summed E-state index contributed by atoms with van der Waals surface area (Å²) < 4.78 is 25.8. The number of hydrogen-bond donors (Lipinski definition) is 0. The van der Waals surface area contributed by atoms with Crippen LogP contribution in [0.4, 0.5) is 0 Å². The van der Waals surface area contributed by atoms with Crippen LogP contribution < -0.4 is 0 Å². The lowest BCUT2D eigenvalue weighted by atomic mass is 10.1. The molecular formula is C13H18N2O2S. The van der Waals surface area contributed by atoms with Gasteiger partial charge in [-0.25, -0.2) is 12.7 Å². The van der Waals surface area contributed by atoms with Crippen LogP contribution in [0.5, 0.6) is 0 Å². The molecule has 0 spiro atoms. The van der Waals surface area contributed by atoms with E-state index < -0.39 is 10.0 Å². The van der Waals surface area contributed by atoms with Crippen molar-refractivity contribution in [3.63, 3.8) is 0 Å². The molecule has 0 fully saturated rings. The molecular weight excluding hydrogens is 248 g/mol. The molecule has 0 atom stereocenters. The lowest BCUT2D eigenvalue weighted by Crippen LogP contribution is -2.28. The van der Waals surface area contributed by atoms with Gasteiger partial charge in [0.2, 0.25) is 10.0 Å². The molecule has 0 amide bonds. The van der Waals surface area contributed by atoms with E-state index in [0.717, 1.165) is 12.8 Å². The Morgan fingerprint density at radius 2 is 2.06 bits per heavy atom. The number of hydrogen-bond acceptors (Lipinski definition) is 3. The van der Waals surface area contributed by atoms with Crippen molar-refractivity contribution in [2.24, 2.45) is 0 Å². The minimum atomic E-state index is -3.43. The van der Waals surface area contributed by atoms with E-state index in [1.165, 1.54) is 10.4 Å². The van der Waals surface area contributed by atoms with Crippen LogP contribution in [-0.2, 0) is 10.0 Å². The summed E-state index contributed by atoms with van der Waals surface area (Å²) in [5.41, 5.74) is 1.19. The summed E-state index contributed by atoms with van der Waals surface area (Å²) in [4.78, 5) is 0.248. The number of benzene rings is 1. The van der Waals surface area contributed by atoms with Gasteiger partial charge in [0, 0.05) is 13.6 Å². The minimum absolute atomic E-state index is 0.248. The normalized spacial score (nSPS) is 11.5. The topological polar surface area (TPSA) is 61.2 Å². The molecule has 0 aliphatic rings. The summed E-state index contributed by atoms with van der Waals surface area (Å²) in [7, 11) is -1.85. The second-order valence-corrected chi connectivity index (χ2v) is 6.31. The molecule has 1 rings (SSSR count). The molecule has 0 heterocycles. The smallest absolute Gasteiger partial charge is 0.207 e. The van der Waals surface area contributed by atoms with E-state index in [2.05, 4.69) is 0 Å². The maximum Gasteiger partial charge on any atom is 0.242 e. The summed E-state index contributed by atoms with van der Waals surface area (Å²) in [6.07, 6.45) is 1.79. The SMILES string of the molecule is CCCCN(C)S(=O)(=O)c1ccc(C#N)c(C)c1. The lowest BCUT2D eigenvalue weighted by molar-refractivity contribution is 0.459. The van der Waals surface area contributed by atoms with Gasteiger partial charge in [0.05, 0.1) is 16.5 Å². The van der Waals surface area contributed by atoms with Crippen molar-refractivity contribution in [2.45, 2.75) is 31.6 Å². The summed E-state index contributed by atoms with van der Waals surface area (Å²) in [6.45, 7) is 4.27. The fraction of sp³-hybridized carbons (Fsp3) is 0.462. The fourth-order valence-electron chi connectivity index (χ4n) is 1.60. The second kappa shape index (κ2) is 5.98. The molecule has 0 bridgehead atoms. The van der Waals surface area contributed by atoms with Gasteiger partial charge in [-0.1, -0.05) is 13.3 Å². The van der Waals surface area contributed by atoms with Crippen LogP contribution in [-0.4, -0.2) is 26.3 Å². The maximum atomic E-state index is 12.2. The first-order chi connectivity index (χ1) is 8.43. The Balaban J connectivity index is 3.06. The van der Waals surface area contributed by atoms with E-state index >= 15 is 0 Å². The Bertz CT molecular complexity index is 559. The molecule has 0 aromatic heterocycles. The highest BCUT2D eigenvalue weighted by Crippen LogP contribution is 2.18. The first-order valence-electron chi connectivity index (χ1n) is 5.90. The largest absolute Gasteiger partial charge is 0.242 e. The Hall–Kier alpha value is -1.38. The zero-order valence-corrected chi connectivity index (χ0v) is 11.8. The quantitative estimate of drug-likeness (QED) is 0.821. The standard InChI is InChI=1S/C13H18N2O2S/c1-4-5-8-15(3)18(16,17)13-7-6-12(10-14)11(2)9-13/h6-7,9H,4-5,8H2,1-3H3. The highest BCUT2D eigenvalue weighted by Gasteiger charge is 2.20. The van der Waals surface area contributed by atoms with E-state index in [9.17, 15) is 8.42 Å². The van der Waals surface area contributed by atoms with Gasteiger partial charge in [0.15, 0.2) is 0 Å². The van der Waals surface area contributed by atoms with Gasteiger partial charge in [0.1, 0.15) is 0 Å². The van der Waals surface area contributed by atoms with Crippen LogP contribution in [0.25, 0.3) is 0 Å². The predicted molar refractivity (Wildman–Crippen MR) is 70.6 cm³/mol. The van der Waals surface area contributed by atoms with Crippen LogP contribution in [0.2, 0.25) is 0 Å². The minimum Gasteiger partial charge on any atom is -0.207 e. The summed E-state index contributed by atoms with van der Waals surface area (Å²) in [5, 5.41) is 8.83. The highest BCUT2D eigenvalue weighted by molar-refractivity contribution is 7.89. The summed E-state index contributed by atoms with van der Waals surface area (Å²) in [6, 6.07) is 6.62. The number of unbranched alkanes of at least 4 members (excludes halogenated alkanes) is 1. The number of sulfonamides is 1. The van der Waals surface area contributed by atoms with Crippen molar-refractivity contribution in [1.29, 1.82) is 5.26 Å². The molecule has 0 saturated heterocycles. The van der Waals surface area contributed by atoms with Crippen LogP contribution in [0.15, 0.2) is 23.1 Å². The fourth-order valence-corrected chi connectivity index (χ4v) is 2.90. The molecule has 98 valence electrons. The van der Waals surface area contributed by atoms with Crippen molar-refractivity contribution >= 4 is 10.0 Å². The molecule has 0 aliphatic carbocycles. The molecule has 0 aliphatic heterocycles. The summed E-state index contributed by atoms with van der Waals surface area (Å²) in [5.74, 6) is 0. The van der Waals surface area contributed by atoms with Crippen LogP contribution >= 0.6 is 0 Å². The molecule has 0 saturated carbocycles. The van der Waals surface area contributed by atoms with Crippen molar-refractivity contribution in [3.8, 4) is 6.07 Å². The maximum absolute atomic E-state index is 12.2. The molecule has 1 aromatic rings. The van der Waals surface area contributed by atoms with Crippen molar-refractivity contribution < 1.29 is 8.42 Å². The van der Waals surface area contributed by atoms with Gasteiger partial charge >= 0.3 is 0 Å². The Morgan fingerprint density at radius 1 is 1.39 bits per heavy atom. The third-order valence-electron chi connectivity index (χ3n) is 2.85. The molecule has 0 unspecified atom stereocenters. The van der Waals surface area contributed by atoms with Gasteiger partial charge in [-0.2, -0.15) is 5.26 Å². The van der Waals surface area contributed by atoms with E-state index in [-0.39, 0.29) is 4.90 Å². The Kier molecular flexibility index (Phi) is 4.88. The predicted octanol–water partition coefficient (Wildman–Crippen LogP) is 2.29. The van der Waals surface area contributed by atoms with Gasteiger partial charge in [-0.3, -0.25) is 0 Å². The number of nitriles is 1. The zero-order valence-electron chi connectivity index (χ0n) is 11.0. The molecule has 18 heavy (non-hydrogen) atoms. The molecule has 1 aromatic carbocycles. The molecule has 4 nitrogen and oxygen atoms in total. The van der Waals surface area contributed by atoms with E-state index in [1.54, 1.807) is 26.1 Å². The van der Waals surface area contributed by atoms with Crippen molar-refractivity contribution in [2.75, 3.05) is 13.6 Å². The highest BCUT2D eigenvalue weighted by atomic mass is 32.2.